The van der Waals surface area contributed by atoms with Crippen molar-refractivity contribution in [3.05, 3.63) is 0 Å². The zero-order chi connectivity index (χ0) is 14.4. The van der Waals surface area contributed by atoms with Gasteiger partial charge in [0.05, 0.1) is 0 Å². The molecule has 1 aliphatic carbocycles. The van der Waals surface area contributed by atoms with E-state index in [0.29, 0.717) is 30.2 Å². The van der Waals surface area contributed by atoms with Gasteiger partial charge in [0.25, 0.3) is 0 Å². The Morgan fingerprint density at radius 2 is 2.11 bits per heavy atom. The van der Waals surface area contributed by atoms with Crippen molar-refractivity contribution in [3.63, 3.8) is 0 Å². The molecule has 0 unspecified atom stereocenters. The van der Waals surface area contributed by atoms with Crippen LogP contribution < -0.4 is 0 Å². The van der Waals surface area contributed by atoms with Crippen molar-refractivity contribution in [3.8, 4) is 0 Å². The van der Waals surface area contributed by atoms with Crippen LogP contribution in [0.3, 0.4) is 0 Å². The number of Topliss-reactive ketones (excluding diaryl/α,β-unsaturated/α-hetero) is 2. The topological polar surface area (TPSA) is 58.0 Å². The van der Waals surface area contributed by atoms with Crippen molar-refractivity contribution < 1.29 is 9.59 Å². The van der Waals surface area contributed by atoms with E-state index in [-0.39, 0.29) is 17.5 Å². The number of carbonyl (C=O) groups excluding carboxylic acids is 2. The lowest BCUT2D eigenvalue weighted by molar-refractivity contribution is -0.131. The first-order valence-electron chi connectivity index (χ1n) is 7.23. The third kappa shape index (κ3) is 4.75. The maximum atomic E-state index is 12.1. The van der Waals surface area contributed by atoms with Gasteiger partial charge in [0.15, 0.2) is 0 Å². The zero-order valence-electron chi connectivity index (χ0n) is 12.2. The Hall–Kier alpha value is -0.640. The lowest BCUT2D eigenvalue weighted by Crippen LogP contribution is -2.38. The van der Waals surface area contributed by atoms with Gasteiger partial charge < -0.3 is 5.41 Å². The third-order valence-corrected chi connectivity index (χ3v) is 4.70. The van der Waals surface area contributed by atoms with Crippen LogP contribution in [0.2, 0.25) is 0 Å². The number of hydrogen-bond donors (Lipinski definition) is 1. The Labute approximate surface area is 120 Å². The average molecular weight is 283 g/mol. The minimum absolute atomic E-state index is 0.0200. The van der Waals surface area contributed by atoms with Crippen molar-refractivity contribution >= 4 is 29.0 Å². The van der Waals surface area contributed by atoms with Gasteiger partial charge in [-0.3, -0.25) is 9.59 Å². The van der Waals surface area contributed by atoms with Crippen LogP contribution in [-0.4, -0.2) is 28.3 Å². The molecule has 3 nitrogen and oxygen atoms in total. The first kappa shape index (κ1) is 16.4. The molecule has 108 valence electrons. The van der Waals surface area contributed by atoms with Gasteiger partial charge in [0.2, 0.25) is 0 Å². The summed E-state index contributed by atoms with van der Waals surface area (Å²) in [4.78, 5) is 24.0. The fourth-order valence-electron chi connectivity index (χ4n) is 2.85. The van der Waals surface area contributed by atoms with E-state index in [2.05, 4.69) is 13.8 Å². The molecule has 4 heteroatoms. The third-order valence-electron chi connectivity index (χ3n) is 3.60. The molecule has 0 bridgehead atoms. The van der Waals surface area contributed by atoms with Gasteiger partial charge in [0, 0.05) is 23.8 Å². The molecule has 1 aliphatic rings. The van der Waals surface area contributed by atoms with Gasteiger partial charge in [-0.25, -0.2) is 0 Å². The van der Waals surface area contributed by atoms with Gasteiger partial charge in [0.1, 0.15) is 17.5 Å². The summed E-state index contributed by atoms with van der Waals surface area (Å²) in [7, 11) is 0. The fraction of sp³-hybridized carbons (Fsp3) is 0.800. The van der Waals surface area contributed by atoms with Gasteiger partial charge >= 0.3 is 0 Å². The predicted molar refractivity (Wildman–Crippen MR) is 81.1 cm³/mol. The molecule has 0 saturated heterocycles. The summed E-state index contributed by atoms with van der Waals surface area (Å²) in [5, 5.41) is 8.54. The molecule has 1 rings (SSSR count). The normalized spacial score (nSPS) is 25.4. The Kier molecular flexibility index (Phi) is 6.76. The number of hydrogen-bond acceptors (Lipinski definition) is 4. The van der Waals surface area contributed by atoms with Crippen LogP contribution in [0.15, 0.2) is 0 Å². The molecule has 1 saturated carbocycles. The van der Waals surface area contributed by atoms with E-state index in [1.165, 1.54) is 0 Å². The first-order valence-corrected chi connectivity index (χ1v) is 8.28. The van der Waals surface area contributed by atoms with Crippen LogP contribution in [0.4, 0.5) is 0 Å². The largest absolute Gasteiger partial charge is 0.308 e. The van der Waals surface area contributed by atoms with Crippen molar-refractivity contribution in [2.75, 3.05) is 5.75 Å². The summed E-state index contributed by atoms with van der Waals surface area (Å²) < 4.78 is 0. The highest BCUT2D eigenvalue weighted by Crippen LogP contribution is 2.31. The molecule has 1 fully saturated rings. The number of thioether (sulfide) groups is 1. The quantitative estimate of drug-likeness (QED) is 0.727. The maximum absolute atomic E-state index is 12.1. The summed E-state index contributed by atoms with van der Waals surface area (Å²) >= 11 is 1.89. The van der Waals surface area contributed by atoms with E-state index in [9.17, 15) is 9.59 Å². The van der Waals surface area contributed by atoms with Gasteiger partial charge in [-0.15, -0.1) is 0 Å². The molecule has 1 N–H and O–H groups in total. The molecule has 0 spiro atoms. The Bertz CT molecular complexity index is 336. The Morgan fingerprint density at radius 1 is 1.42 bits per heavy atom. The molecular formula is C15H25NO2S. The van der Waals surface area contributed by atoms with Gasteiger partial charge in [-0.05, 0) is 30.9 Å². The van der Waals surface area contributed by atoms with Crippen LogP contribution in [0.1, 0.15) is 52.9 Å². The van der Waals surface area contributed by atoms with Crippen LogP contribution in [0.5, 0.6) is 0 Å². The first-order chi connectivity index (χ1) is 8.99. The second-order valence-corrected chi connectivity index (χ2v) is 7.13. The van der Waals surface area contributed by atoms with E-state index >= 15 is 0 Å². The highest BCUT2D eigenvalue weighted by molar-refractivity contribution is 7.99. The lowest BCUT2D eigenvalue weighted by Gasteiger charge is -2.29. The van der Waals surface area contributed by atoms with Gasteiger partial charge in [-0.1, -0.05) is 20.8 Å². The number of ketones is 2. The molecule has 3 atom stereocenters. The summed E-state index contributed by atoms with van der Waals surface area (Å²) in [6.07, 6.45) is 3.26. The van der Waals surface area contributed by atoms with Crippen LogP contribution in [0, 0.1) is 17.2 Å². The predicted octanol–water partition coefficient (Wildman–Crippen LogP) is 3.50. The molecular weight excluding hydrogens is 258 g/mol. The van der Waals surface area contributed by atoms with Crippen molar-refractivity contribution in [1.82, 2.24) is 0 Å². The minimum Gasteiger partial charge on any atom is -0.308 e. The van der Waals surface area contributed by atoms with Crippen molar-refractivity contribution in [2.24, 2.45) is 11.8 Å². The molecule has 0 heterocycles. The Morgan fingerprint density at radius 3 is 2.63 bits per heavy atom. The second-order valence-electron chi connectivity index (χ2n) is 5.42. The molecule has 19 heavy (non-hydrogen) atoms. The van der Waals surface area contributed by atoms with Crippen molar-refractivity contribution in [2.45, 2.75) is 58.1 Å². The van der Waals surface area contributed by atoms with Crippen molar-refractivity contribution in [1.29, 1.82) is 5.41 Å². The number of carbonyl (C=O) groups is 2. The van der Waals surface area contributed by atoms with E-state index in [0.717, 1.165) is 18.6 Å². The highest BCUT2D eigenvalue weighted by atomic mass is 32.2. The van der Waals surface area contributed by atoms with Crippen LogP contribution >= 0.6 is 11.8 Å². The minimum atomic E-state index is -0.717. The summed E-state index contributed by atoms with van der Waals surface area (Å²) in [6.45, 7) is 6.24. The second kappa shape index (κ2) is 7.83. The molecule has 0 aromatic rings. The lowest BCUT2D eigenvalue weighted by atomic mass is 9.75. The van der Waals surface area contributed by atoms with E-state index in [4.69, 9.17) is 5.41 Å². The van der Waals surface area contributed by atoms with E-state index in [1.54, 1.807) is 0 Å². The average Bonchev–Trinajstić information content (AvgIpc) is 2.28. The molecule has 0 aromatic carbocycles. The standard InChI is InChI=1S/C15H25NO2S/c1-4-6-13(17)15-12(16)8-11(9-14(15)18)7-10(3)19-5-2/h10-11,15-16H,4-9H2,1-3H3/t10-,11-,15+/m1/s1. The maximum Gasteiger partial charge on any atom is 0.149 e. The molecule has 0 amide bonds. The molecule has 0 radical (unpaired) electrons. The fourth-order valence-corrected chi connectivity index (χ4v) is 3.83. The summed E-state index contributed by atoms with van der Waals surface area (Å²) in [6, 6.07) is 0. The van der Waals surface area contributed by atoms with Gasteiger partial charge in [-0.2, -0.15) is 11.8 Å². The number of rotatable bonds is 7. The monoisotopic (exact) mass is 283 g/mol. The van der Waals surface area contributed by atoms with Crippen LogP contribution in [-0.2, 0) is 9.59 Å². The SMILES string of the molecule is CCCC(=O)[C@@H]1C(=N)C[C@@H](C[C@@H](C)SCC)CC1=O. The summed E-state index contributed by atoms with van der Waals surface area (Å²) in [5.41, 5.74) is 0.355. The van der Waals surface area contributed by atoms with E-state index < -0.39 is 5.92 Å². The highest BCUT2D eigenvalue weighted by Gasteiger charge is 2.37. The number of nitrogens with one attached hydrogen (secondary N) is 1. The zero-order valence-corrected chi connectivity index (χ0v) is 13.0. The smallest absolute Gasteiger partial charge is 0.149 e. The Balaban J connectivity index is 2.58. The summed E-state index contributed by atoms with van der Waals surface area (Å²) in [5.74, 6) is 0.557. The molecule has 0 aliphatic heterocycles. The van der Waals surface area contributed by atoms with E-state index in [1.807, 2.05) is 18.7 Å². The van der Waals surface area contributed by atoms with Crippen LogP contribution in [0.25, 0.3) is 0 Å². The molecule has 0 aromatic heterocycles.